The molecular weight excluding hydrogens is 494 g/mol. The van der Waals surface area contributed by atoms with Crippen molar-refractivity contribution >= 4 is 39.7 Å². The number of aliphatic hydroxyl groups excluding tert-OH is 1. The van der Waals surface area contributed by atoms with Crippen LogP contribution in [-0.4, -0.2) is 38.3 Å². The highest BCUT2D eigenvalue weighted by Crippen LogP contribution is 2.57. The molecule has 6 N–H and O–H groups in total. The number of aliphatic hydroxyl groups is 1. The SMILES string of the molecule is CCCCC1(CCCC)C(=O)C(C2=NS(O)(O)c3cc(OCC(N)=O)ccc3N2)=C(O)c2ccccc21. The van der Waals surface area contributed by atoms with Crippen molar-refractivity contribution in [3.8, 4) is 5.75 Å². The molecule has 0 aromatic heterocycles. The summed E-state index contributed by atoms with van der Waals surface area (Å²) in [6.45, 7) is 3.77. The molecule has 9 nitrogen and oxygen atoms in total. The number of nitrogens with one attached hydrogen (secondary N) is 1. The Morgan fingerprint density at radius 3 is 2.43 bits per heavy atom. The summed E-state index contributed by atoms with van der Waals surface area (Å²) in [7, 11) is -3.77. The molecule has 1 amide bonds. The molecule has 2 aromatic rings. The Bertz CT molecular complexity index is 1280. The average Bonchev–Trinajstić information content (AvgIpc) is 2.87. The minimum atomic E-state index is -3.77. The van der Waals surface area contributed by atoms with E-state index in [1.807, 2.05) is 12.1 Å². The number of benzene rings is 2. The number of carbonyl (C=O) groups is 2. The largest absolute Gasteiger partial charge is 0.506 e. The van der Waals surface area contributed by atoms with Crippen molar-refractivity contribution < 1.29 is 28.5 Å². The predicted octanol–water partition coefficient (Wildman–Crippen LogP) is 5.57. The smallest absolute Gasteiger partial charge is 0.255 e. The predicted molar refractivity (Wildman–Crippen MR) is 145 cm³/mol. The van der Waals surface area contributed by atoms with Gasteiger partial charge in [0, 0.05) is 11.6 Å². The van der Waals surface area contributed by atoms with Crippen molar-refractivity contribution in [3.05, 3.63) is 59.2 Å². The molecule has 2 aromatic carbocycles. The topological polar surface area (TPSA) is 154 Å². The van der Waals surface area contributed by atoms with Crippen molar-refractivity contribution in [1.29, 1.82) is 0 Å². The molecule has 1 heterocycles. The number of ether oxygens (including phenoxy) is 1. The lowest BCUT2D eigenvalue weighted by atomic mass is 9.63. The van der Waals surface area contributed by atoms with Crippen LogP contribution in [0.5, 0.6) is 5.75 Å². The highest BCUT2D eigenvalue weighted by atomic mass is 32.3. The molecule has 0 saturated carbocycles. The average molecular weight is 528 g/mol. The van der Waals surface area contributed by atoms with Gasteiger partial charge in [-0.25, -0.2) is 0 Å². The molecular formula is C27H33N3O6S. The fraction of sp³-hybridized carbons (Fsp3) is 0.370. The van der Waals surface area contributed by atoms with E-state index >= 15 is 0 Å². The summed E-state index contributed by atoms with van der Waals surface area (Å²) in [5, 5.41) is 14.4. The zero-order chi connectivity index (χ0) is 26.8. The van der Waals surface area contributed by atoms with Gasteiger partial charge in [-0.1, -0.05) is 74.6 Å². The summed E-state index contributed by atoms with van der Waals surface area (Å²) in [6.07, 6.45) is 4.67. The maximum Gasteiger partial charge on any atom is 0.255 e. The van der Waals surface area contributed by atoms with Gasteiger partial charge in [0.15, 0.2) is 18.2 Å². The van der Waals surface area contributed by atoms with Crippen LogP contribution >= 0.6 is 10.8 Å². The third-order valence-electron chi connectivity index (χ3n) is 6.85. The lowest BCUT2D eigenvalue weighted by Crippen LogP contribution is -2.44. The number of hydrogen-bond donors (Lipinski definition) is 5. The second kappa shape index (κ2) is 10.6. The second-order valence-corrected chi connectivity index (χ2v) is 11.0. The van der Waals surface area contributed by atoms with Crippen LogP contribution in [0.3, 0.4) is 0 Å². The van der Waals surface area contributed by atoms with Gasteiger partial charge in [-0.05, 0) is 30.5 Å². The number of Topliss-reactive ketones (excluding diaryl/α,β-unsaturated/α-hetero) is 1. The van der Waals surface area contributed by atoms with Gasteiger partial charge in [-0.15, -0.1) is 4.40 Å². The first-order chi connectivity index (χ1) is 17.6. The Kier molecular flexibility index (Phi) is 7.63. The standard InChI is InChI=1S/C27H33N3O6S/c1-3-5-13-27(14-6-4-2)19-10-8-7-9-18(19)24(32)23(25(27)33)26-29-20-12-11-17(36-16-22(28)31)15-21(20)37(34,35)30-26/h7-12,15,32,34-35H,3-6,13-14,16H2,1-2H3,(H2,28,31)(H,29,30). The van der Waals surface area contributed by atoms with E-state index in [-0.39, 0.29) is 40.2 Å². The molecule has 2 aliphatic rings. The Labute approximate surface area is 217 Å². The number of nitrogens with two attached hydrogens (primary N) is 1. The number of unbranched alkanes of at least 4 members (excludes halogenated alkanes) is 2. The Morgan fingerprint density at radius 2 is 1.78 bits per heavy atom. The minimum Gasteiger partial charge on any atom is -0.506 e. The van der Waals surface area contributed by atoms with Gasteiger partial charge in [0.1, 0.15) is 22.0 Å². The summed E-state index contributed by atoms with van der Waals surface area (Å²) in [5.41, 5.74) is 5.86. The maximum absolute atomic E-state index is 14.3. The summed E-state index contributed by atoms with van der Waals surface area (Å²) in [6, 6.07) is 11.8. The van der Waals surface area contributed by atoms with E-state index in [9.17, 15) is 23.8 Å². The van der Waals surface area contributed by atoms with Gasteiger partial charge in [-0.3, -0.25) is 18.7 Å². The highest BCUT2D eigenvalue weighted by molar-refractivity contribution is 8.23. The number of amides is 1. The number of nitrogens with zero attached hydrogens (tertiary/aromatic N) is 1. The number of hydrogen-bond acceptors (Lipinski definition) is 8. The van der Waals surface area contributed by atoms with E-state index in [0.717, 1.165) is 31.2 Å². The number of primary amides is 1. The van der Waals surface area contributed by atoms with Gasteiger partial charge in [-0.2, -0.15) is 0 Å². The van der Waals surface area contributed by atoms with Gasteiger partial charge < -0.3 is 20.9 Å². The molecule has 4 rings (SSSR count). The third-order valence-corrected chi connectivity index (χ3v) is 8.21. The van der Waals surface area contributed by atoms with Crippen molar-refractivity contribution in [2.75, 3.05) is 11.9 Å². The molecule has 0 bridgehead atoms. The molecule has 1 aliphatic carbocycles. The van der Waals surface area contributed by atoms with Crippen molar-refractivity contribution in [3.63, 3.8) is 0 Å². The third kappa shape index (κ3) is 4.96. The first-order valence-electron chi connectivity index (χ1n) is 12.4. The molecule has 1 aliphatic heterocycles. The number of fused-ring (bicyclic) bond motifs is 2. The first-order valence-corrected chi connectivity index (χ1v) is 13.9. The number of anilines is 1. The van der Waals surface area contributed by atoms with Crippen LogP contribution in [0.15, 0.2) is 57.3 Å². The molecule has 0 atom stereocenters. The van der Waals surface area contributed by atoms with Crippen LogP contribution < -0.4 is 15.8 Å². The Hall–Kier alpha value is -3.34. The highest BCUT2D eigenvalue weighted by Gasteiger charge is 2.48. The molecule has 0 fully saturated rings. The minimum absolute atomic E-state index is 0.0465. The summed E-state index contributed by atoms with van der Waals surface area (Å²) >= 11 is 0. The molecule has 10 heteroatoms. The first kappa shape index (κ1) is 26.7. The van der Waals surface area contributed by atoms with Crippen LogP contribution in [0.2, 0.25) is 0 Å². The van der Waals surface area contributed by atoms with E-state index in [1.54, 1.807) is 12.1 Å². The van der Waals surface area contributed by atoms with Gasteiger partial charge >= 0.3 is 0 Å². The van der Waals surface area contributed by atoms with Crippen molar-refractivity contribution in [2.24, 2.45) is 10.1 Å². The lowest BCUT2D eigenvalue weighted by molar-refractivity contribution is -0.121. The Balaban J connectivity index is 1.82. The lowest BCUT2D eigenvalue weighted by Gasteiger charge is -2.40. The molecule has 37 heavy (non-hydrogen) atoms. The van der Waals surface area contributed by atoms with Crippen LogP contribution in [0.25, 0.3) is 5.76 Å². The maximum atomic E-state index is 14.3. The van der Waals surface area contributed by atoms with Crippen molar-refractivity contribution in [2.45, 2.75) is 62.7 Å². The van der Waals surface area contributed by atoms with Gasteiger partial charge in [0.2, 0.25) is 0 Å². The number of amidine groups is 1. The van der Waals surface area contributed by atoms with Crippen molar-refractivity contribution in [1.82, 2.24) is 0 Å². The molecule has 0 unspecified atom stereocenters. The van der Waals surface area contributed by atoms with Crippen LogP contribution in [-0.2, 0) is 15.0 Å². The molecule has 0 saturated heterocycles. The molecule has 198 valence electrons. The number of rotatable bonds is 10. The zero-order valence-corrected chi connectivity index (χ0v) is 21.8. The number of ketones is 1. The summed E-state index contributed by atoms with van der Waals surface area (Å²) in [5.74, 6) is -1.07. The molecule has 0 radical (unpaired) electrons. The quantitative estimate of drug-likeness (QED) is 0.270. The van der Waals surface area contributed by atoms with Gasteiger partial charge in [0.05, 0.1) is 11.1 Å². The van der Waals surface area contributed by atoms with E-state index in [4.69, 9.17) is 10.5 Å². The normalized spacial score (nSPS) is 18.3. The van der Waals surface area contributed by atoms with E-state index in [1.165, 1.54) is 18.2 Å². The summed E-state index contributed by atoms with van der Waals surface area (Å²) < 4.78 is 31.3. The second-order valence-electron chi connectivity index (χ2n) is 9.38. The monoisotopic (exact) mass is 527 g/mol. The van der Waals surface area contributed by atoms with Crippen LogP contribution in [0.1, 0.15) is 63.5 Å². The van der Waals surface area contributed by atoms with E-state index in [0.29, 0.717) is 24.1 Å². The fourth-order valence-electron chi connectivity index (χ4n) is 5.02. The van der Waals surface area contributed by atoms with Gasteiger partial charge in [0.25, 0.3) is 5.91 Å². The summed E-state index contributed by atoms with van der Waals surface area (Å²) in [4.78, 5) is 25.4. The van der Waals surface area contributed by atoms with Crippen LogP contribution in [0, 0.1) is 0 Å². The Morgan fingerprint density at radius 1 is 1.11 bits per heavy atom. The number of carbonyl (C=O) groups excluding carboxylic acids is 2. The van der Waals surface area contributed by atoms with E-state index < -0.39 is 22.1 Å². The molecule has 0 spiro atoms. The zero-order valence-electron chi connectivity index (χ0n) is 21.0. The van der Waals surface area contributed by atoms with Crippen LogP contribution in [0.4, 0.5) is 5.69 Å². The van der Waals surface area contributed by atoms with E-state index in [2.05, 4.69) is 23.6 Å². The fourth-order valence-corrected chi connectivity index (χ4v) is 6.20.